The molecule has 0 aliphatic heterocycles. The highest BCUT2D eigenvalue weighted by molar-refractivity contribution is 5.69. The summed E-state index contributed by atoms with van der Waals surface area (Å²) >= 11 is 0. The molecule has 0 spiro atoms. The van der Waals surface area contributed by atoms with Gasteiger partial charge in [0.05, 0.1) is 0 Å². The number of hydrogen-bond donors (Lipinski definition) is 4. The molecule has 9 nitrogen and oxygen atoms in total. The Balaban J connectivity index is 2.27. The van der Waals surface area contributed by atoms with Crippen LogP contribution in [0.1, 0.15) is 71.4 Å². The van der Waals surface area contributed by atoms with E-state index in [0.717, 1.165) is 25.7 Å². The Kier molecular flexibility index (Phi) is 14.2. The van der Waals surface area contributed by atoms with Crippen LogP contribution < -0.4 is 10.6 Å². The quantitative estimate of drug-likeness (QED) is 0.172. The molecule has 0 aliphatic rings. The molecule has 3 amide bonds. The van der Waals surface area contributed by atoms with Gasteiger partial charge in [0, 0.05) is 25.2 Å². The molecule has 0 aliphatic carbocycles. The SMILES string of the molecule is CC(C)C(CCC(CN(CC(CCc1ccccc1)CCc1ccccc1)C(=O)OC(C)(C)C)NC(=O)O)NC(=O)O. The Morgan fingerprint density at radius 2 is 1.26 bits per heavy atom. The maximum absolute atomic E-state index is 13.5. The molecule has 4 N–H and O–H groups in total. The first-order chi connectivity index (χ1) is 19.8. The number of aryl methyl sites for hydroxylation is 2. The zero-order valence-corrected chi connectivity index (χ0v) is 25.7. The molecule has 0 fully saturated rings. The molecule has 2 aromatic rings. The monoisotopic (exact) mass is 583 g/mol. The number of hydrogen-bond acceptors (Lipinski definition) is 4. The van der Waals surface area contributed by atoms with Gasteiger partial charge in [-0.05, 0) is 82.3 Å². The average Bonchev–Trinajstić information content (AvgIpc) is 2.91. The maximum Gasteiger partial charge on any atom is 0.410 e. The van der Waals surface area contributed by atoms with E-state index < -0.39 is 29.9 Å². The van der Waals surface area contributed by atoms with Crippen LogP contribution in [-0.4, -0.2) is 64.2 Å². The van der Waals surface area contributed by atoms with Gasteiger partial charge in [0.25, 0.3) is 0 Å². The predicted molar refractivity (Wildman–Crippen MR) is 165 cm³/mol. The second-order valence-corrected chi connectivity index (χ2v) is 12.3. The van der Waals surface area contributed by atoms with Crippen molar-refractivity contribution in [1.29, 1.82) is 0 Å². The minimum absolute atomic E-state index is 0.0221. The van der Waals surface area contributed by atoms with Gasteiger partial charge in [0.2, 0.25) is 0 Å². The Morgan fingerprint density at radius 1 is 0.762 bits per heavy atom. The smallest absolute Gasteiger partial charge is 0.410 e. The van der Waals surface area contributed by atoms with Crippen LogP contribution in [0.25, 0.3) is 0 Å². The molecule has 2 atom stereocenters. The Labute approximate surface area is 250 Å². The molecule has 0 radical (unpaired) electrons. The van der Waals surface area contributed by atoms with Crippen LogP contribution >= 0.6 is 0 Å². The van der Waals surface area contributed by atoms with Crippen LogP contribution in [0.2, 0.25) is 0 Å². The fraction of sp³-hybridized carbons (Fsp3) is 0.545. The van der Waals surface area contributed by atoms with E-state index in [1.165, 1.54) is 11.1 Å². The van der Waals surface area contributed by atoms with Crippen LogP contribution in [0.15, 0.2) is 60.7 Å². The van der Waals surface area contributed by atoms with Crippen molar-refractivity contribution in [2.24, 2.45) is 11.8 Å². The van der Waals surface area contributed by atoms with Crippen molar-refractivity contribution >= 4 is 18.3 Å². The largest absolute Gasteiger partial charge is 0.465 e. The Morgan fingerprint density at radius 3 is 1.69 bits per heavy atom. The van der Waals surface area contributed by atoms with Crippen molar-refractivity contribution in [1.82, 2.24) is 15.5 Å². The van der Waals surface area contributed by atoms with Crippen molar-refractivity contribution in [3.8, 4) is 0 Å². The van der Waals surface area contributed by atoms with E-state index in [1.807, 2.05) is 71.0 Å². The van der Waals surface area contributed by atoms with Crippen molar-refractivity contribution < 1.29 is 29.3 Å². The lowest BCUT2D eigenvalue weighted by molar-refractivity contribution is 0.0191. The molecule has 232 valence electrons. The summed E-state index contributed by atoms with van der Waals surface area (Å²) in [5, 5.41) is 23.9. The van der Waals surface area contributed by atoms with Crippen molar-refractivity contribution in [2.45, 2.75) is 90.8 Å². The lowest BCUT2D eigenvalue weighted by Crippen LogP contribution is -2.49. The van der Waals surface area contributed by atoms with Crippen molar-refractivity contribution in [3.05, 3.63) is 71.8 Å². The molecule has 0 heterocycles. The lowest BCUT2D eigenvalue weighted by atomic mass is 9.92. The molecule has 0 aromatic heterocycles. The zero-order valence-electron chi connectivity index (χ0n) is 25.7. The van der Waals surface area contributed by atoms with E-state index in [1.54, 1.807) is 4.90 Å². The number of rotatable bonds is 16. The first kappa shape index (κ1) is 34.5. The number of carbonyl (C=O) groups is 3. The number of carboxylic acid groups (broad SMARTS) is 2. The summed E-state index contributed by atoms with van der Waals surface area (Å²) in [5.74, 6) is 0.161. The van der Waals surface area contributed by atoms with Gasteiger partial charge in [-0.15, -0.1) is 0 Å². The van der Waals surface area contributed by atoms with Crippen molar-refractivity contribution in [3.63, 3.8) is 0 Å². The molecule has 2 rings (SSSR count). The summed E-state index contributed by atoms with van der Waals surface area (Å²) in [7, 11) is 0. The molecular formula is C33H49N3O6. The highest BCUT2D eigenvalue weighted by atomic mass is 16.6. The Hall–Kier alpha value is -3.75. The van der Waals surface area contributed by atoms with Gasteiger partial charge in [-0.1, -0.05) is 74.5 Å². The predicted octanol–water partition coefficient (Wildman–Crippen LogP) is 6.81. The number of carbonyl (C=O) groups excluding carboxylic acids is 1. The van der Waals surface area contributed by atoms with Crippen LogP contribution in [0.4, 0.5) is 14.4 Å². The minimum Gasteiger partial charge on any atom is -0.465 e. The van der Waals surface area contributed by atoms with Crippen LogP contribution in [0.3, 0.4) is 0 Å². The summed E-state index contributed by atoms with van der Waals surface area (Å²) in [6.45, 7) is 9.78. The second-order valence-electron chi connectivity index (χ2n) is 12.3. The van der Waals surface area contributed by atoms with E-state index in [9.17, 15) is 24.6 Å². The third kappa shape index (κ3) is 14.2. The Bertz CT molecular complexity index is 1040. The number of nitrogens with one attached hydrogen (secondary N) is 2. The molecule has 0 saturated heterocycles. The fourth-order valence-electron chi connectivity index (χ4n) is 4.98. The number of amides is 3. The van der Waals surface area contributed by atoms with E-state index >= 15 is 0 Å². The molecule has 9 heteroatoms. The highest BCUT2D eigenvalue weighted by Crippen LogP contribution is 2.21. The molecule has 2 unspecified atom stereocenters. The van der Waals surface area contributed by atoms with Gasteiger partial charge in [-0.25, -0.2) is 14.4 Å². The normalized spacial score (nSPS) is 12.9. The van der Waals surface area contributed by atoms with Gasteiger partial charge in [-0.2, -0.15) is 0 Å². The first-order valence-electron chi connectivity index (χ1n) is 14.9. The molecule has 0 saturated carbocycles. The van der Waals surface area contributed by atoms with Crippen molar-refractivity contribution in [2.75, 3.05) is 13.1 Å². The van der Waals surface area contributed by atoms with E-state index in [-0.39, 0.29) is 24.4 Å². The summed E-state index contributed by atoms with van der Waals surface area (Å²) < 4.78 is 5.77. The van der Waals surface area contributed by atoms with E-state index in [2.05, 4.69) is 34.9 Å². The lowest BCUT2D eigenvalue weighted by Gasteiger charge is -2.33. The van der Waals surface area contributed by atoms with Gasteiger partial charge in [0.15, 0.2) is 0 Å². The van der Waals surface area contributed by atoms with Crippen LogP contribution in [-0.2, 0) is 17.6 Å². The topological polar surface area (TPSA) is 128 Å². The number of ether oxygens (including phenoxy) is 1. The van der Waals surface area contributed by atoms with Gasteiger partial charge in [0.1, 0.15) is 5.60 Å². The third-order valence-electron chi connectivity index (χ3n) is 7.21. The standard InChI is InChI=1S/C33H49N3O6/c1-24(2)29(35-31(39)40)21-20-28(34-30(37)38)23-36(32(41)42-33(3,4)5)22-27(18-16-25-12-8-6-9-13-25)19-17-26-14-10-7-11-15-26/h6-15,24,27-29,34-35H,16-23H2,1-5H3,(H,37,38)(H,39,40). The van der Waals surface area contributed by atoms with Crippen LogP contribution in [0, 0.1) is 11.8 Å². The van der Waals surface area contributed by atoms with Gasteiger partial charge in [-0.3, -0.25) is 0 Å². The summed E-state index contributed by atoms with van der Waals surface area (Å²) in [5.41, 5.74) is 1.73. The van der Waals surface area contributed by atoms with E-state index in [4.69, 9.17) is 4.74 Å². The first-order valence-corrected chi connectivity index (χ1v) is 14.9. The third-order valence-corrected chi connectivity index (χ3v) is 7.21. The zero-order chi connectivity index (χ0) is 31.1. The summed E-state index contributed by atoms with van der Waals surface area (Å²) in [6, 6.07) is 19.5. The number of benzene rings is 2. The molecular weight excluding hydrogens is 534 g/mol. The fourth-order valence-corrected chi connectivity index (χ4v) is 4.98. The second kappa shape index (κ2) is 17.3. The van der Waals surface area contributed by atoms with Gasteiger partial charge >= 0.3 is 18.3 Å². The molecule has 42 heavy (non-hydrogen) atoms. The summed E-state index contributed by atoms with van der Waals surface area (Å²) in [6.07, 6.45) is 1.39. The average molecular weight is 584 g/mol. The number of nitrogens with zero attached hydrogens (tertiary/aromatic N) is 1. The maximum atomic E-state index is 13.5. The minimum atomic E-state index is -1.19. The molecule has 2 aromatic carbocycles. The van der Waals surface area contributed by atoms with Gasteiger partial charge < -0.3 is 30.5 Å². The summed E-state index contributed by atoms with van der Waals surface area (Å²) in [4.78, 5) is 38.1. The van der Waals surface area contributed by atoms with E-state index in [0.29, 0.717) is 19.4 Å². The highest BCUT2D eigenvalue weighted by Gasteiger charge is 2.28. The van der Waals surface area contributed by atoms with Crippen LogP contribution in [0.5, 0.6) is 0 Å². The molecule has 0 bridgehead atoms.